The lowest BCUT2D eigenvalue weighted by Crippen LogP contribution is -2.77. The van der Waals surface area contributed by atoms with Crippen molar-refractivity contribution in [3.63, 3.8) is 0 Å². The van der Waals surface area contributed by atoms with E-state index in [1.54, 1.807) is 19.1 Å². The van der Waals surface area contributed by atoms with Gasteiger partial charge >= 0.3 is 6.03 Å². The molecule has 3 aromatic carbocycles. The quantitative estimate of drug-likeness (QED) is 0.179. The van der Waals surface area contributed by atoms with Gasteiger partial charge < -0.3 is 31.7 Å². The molecule has 0 aromatic heterocycles. The number of urea groups is 1. The van der Waals surface area contributed by atoms with Crippen LogP contribution in [0, 0.1) is 23.7 Å². The minimum absolute atomic E-state index is 0.156. The largest absolute Gasteiger partial charge is 0.505 e. The number of amides is 3. The van der Waals surface area contributed by atoms with Crippen LogP contribution in [0.5, 0.6) is 5.75 Å². The van der Waals surface area contributed by atoms with Gasteiger partial charge in [0, 0.05) is 11.3 Å². The number of ketones is 4. The predicted molar refractivity (Wildman–Crippen MR) is 164 cm³/mol. The number of aromatic hydroxyl groups is 1. The van der Waals surface area contributed by atoms with Crippen LogP contribution in [0.3, 0.4) is 0 Å². The number of benzene rings is 3. The Bertz CT molecular complexity index is 1870. The van der Waals surface area contributed by atoms with Crippen molar-refractivity contribution in [3.8, 4) is 5.75 Å². The molecule has 0 radical (unpaired) electrons. The second-order valence-corrected chi connectivity index (χ2v) is 12.4. The number of hydrogen-bond acceptors (Lipinski definition) is 10. The zero-order valence-corrected chi connectivity index (χ0v) is 25.1. The normalized spacial score (nSPS) is 30.4. The number of hydrogen-bond donors (Lipinski definition) is 6. The molecular weight excluding hydrogens is 596 g/mol. The predicted octanol–water partition coefficient (Wildman–Crippen LogP) is 1.20. The van der Waals surface area contributed by atoms with Gasteiger partial charge in [-0.15, -0.1) is 0 Å². The second-order valence-electron chi connectivity index (χ2n) is 12.4. The van der Waals surface area contributed by atoms with Crippen molar-refractivity contribution in [1.82, 2.24) is 4.90 Å². The maximum atomic E-state index is 14.1. The smallest absolute Gasteiger partial charge is 0.323 e. The van der Waals surface area contributed by atoms with Crippen LogP contribution in [0.4, 0.5) is 16.2 Å². The first-order chi connectivity index (χ1) is 21.7. The molecule has 2 fully saturated rings. The summed E-state index contributed by atoms with van der Waals surface area (Å²) < 4.78 is 0. The lowest BCUT2D eigenvalue weighted by molar-refractivity contribution is -0.196. The summed E-state index contributed by atoms with van der Waals surface area (Å²) in [4.78, 5) is 81.5. The number of carbonyl (C=O) groups is 6. The van der Waals surface area contributed by atoms with Crippen LogP contribution >= 0.6 is 0 Å². The molecule has 238 valence electrons. The molecule has 46 heavy (non-hydrogen) atoms. The number of fused-ring (bicyclic) bond motifs is 4. The Balaban J connectivity index is 1.38. The van der Waals surface area contributed by atoms with E-state index < -0.39 is 88.2 Å². The molecule has 2 unspecified atom stereocenters. The number of likely N-dealkylation sites (N-methyl/N-ethyl adjacent to an activating group) is 1. The third-order valence-electron chi connectivity index (χ3n) is 9.78. The fraction of sp³-hybridized carbons (Fsp3) is 0.333. The van der Waals surface area contributed by atoms with Crippen LogP contribution in [0.25, 0.3) is 10.8 Å². The Hall–Kier alpha value is -4.98. The van der Waals surface area contributed by atoms with Gasteiger partial charge in [-0.2, -0.15) is 0 Å². The first kappa shape index (κ1) is 31.0. The summed E-state index contributed by atoms with van der Waals surface area (Å²) in [5.74, 6) is -14.5. The molecule has 0 heterocycles. The summed E-state index contributed by atoms with van der Waals surface area (Å²) in [6, 6.07) is 13.4. The highest BCUT2D eigenvalue weighted by Crippen LogP contribution is 2.55. The number of aliphatic hydroxyl groups excluding tert-OH is 1. The standard InChI is InChI=1S/C33H32N4O9/c1-13-15-11-12-18(36-32(45)35-17-10-6-8-14-7-4-5-9-16(14)17)25(38)20(15)26(39)21-19(13)27(40)23-24(37(2)3)28(41)22(31(34)44)30(43)33(23,46)29(21)42/h4-13,19,21-24,27,38,40,46H,1-3H3,(H2,34,44)(H2,35,36,45)/t13-,19+,21?,22?,23+,24-,27-,33-/m0/s1. The second kappa shape index (κ2) is 10.8. The Labute approximate surface area is 262 Å². The molecular formula is C33H32N4O9. The summed E-state index contributed by atoms with van der Waals surface area (Å²) in [6.07, 6.45) is -1.74. The number of aliphatic hydroxyl groups is 2. The lowest BCUT2D eigenvalue weighted by Gasteiger charge is -2.56. The summed E-state index contributed by atoms with van der Waals surface area (Å²) in [5, 5.41) is 41.6. The van der Waals surface area contributed by atoms with E-state index in [0.29, 0.717) is 5.69 Å². The van der Waals surface area contributed by atoms with Gasteiger partial charge in [-0.3, -0.25) is 28.9 Å². The summed E-state index contributed by atoms with van der Waals surface area (Å²) in [7, 11) is 2.85. The average molecular weight is 629 g/mol. The van der Waals surface area contributed by atoms with Crippen molar-refractivity contribution in [2.24, 2.45) is 29.4 Å². The number of nitrogens with zero attached hydrogens (tertiary/aromatic N) is 1. The topological polar surface area (TPSA) is 216 Å². The molecule has 8 atom stereocenters. The van der Waals surface area contributed by atoms with Crippen molar-refractivity contribution < 1.29 is 44.1 Å². The molecule has 6 rings (SSSR count). The molecule has 0 spiro atoms. The van der Waals surface area contributed by atoms with Gasteiger partial charge in [0.25, 0.3) is 0 Å². The third-order valence-corrected chi connectivity index (χ3v) is 9.78. The maximum absolute atomic E-state index is 14.1. The minimum Gasteiger partial charge on any atom is -0.505 e. The number of nitrogens with two attached hydrogens (primary N) is 1. The van der Waals surface area contributed by atoms with Crippen LogP contribution in [-0.4, -0.2) is 87.1 Å². The van der Waals surface area contributed by atoms with Crippen molar-refractivity contribution in [2.75, 3.05) is 24.7 Å². The van der Waals surface area contributed by atoms with Crippen molar-refractivity contribution in [1.29, 1.82) is 0 Å². The Kier molecular flexibility index (Phi) is 7.30. The number of anilines is 2. The summed E-state index contributed by atoms with van der Waals surface area (Å²) >= 11 is 0. The minimum atomic E-state index is -3.10. The Morgan fingerprint density at radius 3 is 2.24 bits per heavy atom. The molecule has 7 N–H and O–H groups in total. The van der Waals surface area contributed by atoms with Gasteiger partial charge in [0.15, 0.2) is 34.7 Å². The first-order valence-corrected chi connectivity index (χ1v) is 14.7. The number of rotatable bonds is 4. The van der Waals surface area contributed by atoms with E-state index in [2.05, 4.69) is 10.6 Å². The van der Waals surface area contributed by atoms with Gasteiger partial charge in [-0.25, -0.2) is 4.79 Å². The molecule has 3 amide bonds. The average Bonchev–Trinajstić information content (AvgIpc) is 3.00. The van der Waals surface area contributed by atoms with E-state index in [1.165, 1.54) is 31.1 Å². The van der Waals surface area contributed by atoms with Crippen LogP contribution < -0.4 is 16.4 Å². The van der Waals surface area contributed by atoms with Gasteiger partial charge in [-0.1, -0.05) is 49.4 Å². The lowest BCUT2D eigenvalue weighted by atomic mass is 9.49. The fourth-order valence-electron chi connectivity index (χ4n) is 7.70. The van der Waals surface area contributed by atoms with E-state index in [0.717, 1.165) is 10.8 Å². The Morgan fingerprint density at radius 2 is 1.57 bits per heavy atom. The van der Waals surface area contributed by atoms with Gasteiger partial charge in [-0.05, 0) is 43.1 Å². The number of Topliss-reactive ketones (excluding diaryl/α,β-unsaturated/α-hetero) is 4. The van der Waals surface area contributed by atoms with Gasteiger partial charge in [0.1, 0.15) is 5.75 Å². The van der Waals surface area contributed by atoms with E-state index >= 15 is 0 Å². The molecule has 13 nitrogen and oxygen atoms in total. The number of nitrogens with one attached hydrogen (secondary N) is 2. The third kappa shape index (κ3) is 4.26. The molecule has 3 aromatic rings. The molecule has 0 aliphatic heterocycles. The highest BCUT2D eigenvalue weighted by atomic mass is 16.3. The highest BCUT2D eigenvalue weighted by Gasteiger charge is 2.72. The maximum Gasteiger partial charge on any atom is 0.323 e. The van der Waals surface area contributed by atoms with E-state index in [4.69, 9.17) is 5.73 Å². The molecule has 0 saturated heterocycles. The fourth-order valence-corrected chi connectivity index (χ4v) is 7.70. The van der Waals surface area contributed by atoms with Crippen molar-refractivity contribution >= 4 is 57.2 Å². The zero-order valence-electron chi connectivity index (χ0n) is 25.1. The van der Waals surface area contributed by atoms with Crippen LogP contribution in [-0.2, 0) is 19.2 Å². The zero-order chi connectivity index (χ0) is 33.4. The Morgan fingerprint density at radius 1 is 0.913 bits per heavy atom. The molecule has 0 bridgehead atoms. The molecule has 2 saturated carbocycles. The number of phenols is 1. The van der Waals surface area contributed by atoms with Gasteiger partial charge in [0.2, 0.25) is 5.91 Å². The van der Waals surface area contributed by atoms with E-state index in [9.17, 15) is 44.1 Å². The molecule has 3 aliphatic carbocycles. The van der Waals surface area contributed by atoms with Crippen LogP contribution in [0.1, 0.15) is 28.8 Å². The number of phenolic OH excluding ortho intramolecular Hbond substituents is 1. The summed E-state index contributed by atoms with van der Waals surface area (Å²) in [6.45, 7) is 1.60. The van der Waals surface area contributed by atoms with Crippen LogP contribution in [0.2, 0.25) is 0 Å². The molecule has 13 heteroatoms. The first-order valence-electron chi connectivity index (χ1n) is 14.7. The number of primary amides is 1. The van der Waals surface area contributed by atoms with Crippen molar-refractivity contribution in [3.05, 3.63) is 65.7 Å². The van der Waals surface area contributed by atoms with Crippen molar-refractivity contribution in [2.45, 2.75) is 30.6 Å². The van der Waals surface area contributed by atoms with Crippen LogP contribution in [0.15, 0.2) is 54.6 Å². The summed E-state index contributed by atoms with van der Waals surface area (Å²) in [5.41, 5.74) is 2.51. The van der Waals surface area contributed by atoms with E-state index in [1.807, 2.05) is 30.3 Å². The molecule has 3 aliphatic rings. The van der Waals surface area contributed by atoms with E-state index in [-0.39, 0.29) is 16.8 Å². The number of carbonyl (C=O) groups excluding carboxylic acids is 6. The highest BCUT2D eigenvalue weighted by molar-refractivity contribution is 6.32. The van der Waals surface area contributed by atoms with Gasteiger partial charge in [0.05, 0.1) is 40.9 Å². The monoisotopic (exact) mass is 628 g/mol. The SMILES string of the molecule is C[C@H]1c2ccc(NC(=O)Nc3cccc4ccccc34)c(O)c2C(=O)C2C(=O)[C@]3(O)C(=O)C(C(N)=O)C(=O)[C@@H](N(C)C)[C@@H]3[C@@H](O)[C@@H]21.